The van der Waals surface area contributed by atoms with Crippen LogP contribution in [0, 0.1) is 5.92 Å². The molecule has 0 aliphatic carbocycles. The minimum Gasteiger partial charge on any atom is -0.494 e. The summed E-state index contributed by atoms with van der Waals surface area (Å²) in [5.74, 6) is -1.45. The summed E-state index contributed by atoms with van der Waals surface area (Å²) in [6, 6.07) is 14.6. The Bertz CT molecular complexity index is 909. The van der Waals surface area contributed by atoms with E-state index in [4.69, 9.17) is 17.0 Å². The summed E-state index contributed by atoms with van der Waals surface area (Å²) < 4.78 is 5.24. The molecule has 1 saturated heterocycles. The van der Waals surface area contributed by atoms with Crippen LogP contribution < -0.4 is 15.0 Å². The Hall–Kier alpha value is -3.06. The summed E-state index contributed by atoms with van der Waals surface area (Å²) in [6.45, 7) is 2.05. The van der Waals surface area contributed by atoms with Crippen molar-refractivity contribution in [2.45, 2.75) is 13.3 Å². The van der Waals surface area contributed by atoms with Gasteiger partial charge in [-0.15, -0.1) is 0 Å². The quantitative estimate of drug-likeness (QED) is 0.491. The molecule has 3 rings (SSSR count). The third-order valence-electron chi connectivity index (χ3n) is 4.25. The molecule has 2 amide bonds. The summed E-state index contributed by atoms with van der Waals surface area (Å²) in [6.07, 6.45) is 2.22. The minimum absolute atomic E-state index is 0.0659. The smallest absolute Gasteiger partial charge is 0.251 e. The predicted octanol–water partition coefficient (Wildman–Crippen LogP) is 3.02. The van der Waals surface area contributed by atoms with Gasteiger partial charge in [-0.2, -0.15) is 0 Å². The lowest BCUT2D eigenvalue weighted by molar-refractivity contribution is -0.130. The number of thiocarbonyl (C=S) groups is 1. The number of nitrogens with zero attached hydrogens (tertiary/aromatic N) is 2. The average molecular weight is 381 g/mol. The van der Waals surface area contributed by atoms with Gasteiger partial charge in [-0.1, -0.05) is 31.2 Å². The SMILES string of the molecule is CCc1ccc(N2C(=O)[C@@H](C=Nc3ccccc3OC)C(=O)NC2=S)cc1. The van der Waals surface area contributed by atoms with E-state index in [9.17, 15) is 9.59 Å². The average Bonchev–Trinajstić information content (AvgIpc) is 2.68. The van der Waals surface area contributed by atoms with E-state index in [1.165, 1.54) is 18.2 Å². The second-order valence-corrected chi connectivity index (χ2v) is 6.30. The summed E-state index contributed by atoms with van der Waals surface area (Å²) in [5.41, 5.74) is 2.29. The Balaban J connectivity index is 1.89. The number of carbonyl (C=O) groups is 2. The number of hydrogen-bond acceptors (Lipinski definition) is 5. The molecule has 2 aromatic rings. The van der Waals surface area contributed by atoms with Gasteiger partial charge >= 0.3 is 0 Å². The van der Waals surface area contributed by atoms with Crippen LogP contribution in [0.25, 0.3) is 0 Å². The Kier molecular flexibility index (Phi) is 5.61. The van der Waals surface area contributed by atoms with E-state index in [2.05, 4.69) is 17.2 Å². The molecule has 0 saturated carbocycles. The largest absolute Gasteiger partial charge is 0.494 e. The molecule has 1 aliphatic heterocycles. The molecule has 0 spiro atoms. The molecule has 7 heteroatoms. The Morgan fingerprint density at radius 3 is 2.56 bits per heavy atom. The van der Waals surface area contributed by atoms with Crippen LogP contribution in [0.1, 0.15) is 12.5 Å². The van der Waals surface area contributed by atoms with Gasteiger partial charge in [0.05, 0.1) is 12.8 Å². The first-order valence-electron chi connectivity index (χ1n) is 8.50. The molecule has 27 heavy (non-hydrogen) atoms. The molecule has 6 nitrogen and oxygen atoms in total. The van der Waals surface area contributed by atoms with E-state index < -0.39 is 17.7 Å². The van der Waals surface area contributed by atoms with Crippen molar-refractivity contribution < 1.29 is 14.3 Å². The molecule has 1 N–H and O–H groups in total. The molecule has 1 aliphatic rings. The Morgan fingerprint density at radius 2 is 1.89 bits per heavy atom. The number of hydrogen-bond donors (Lipinski definition) is 1. The summed E-state index contributed by atoms with van der Waals surface area (Å²) in [7, 11) is 1.53. The number of aryl methyl sites for hydroxylation is 1. The molecule has 0 radical (unpaired) electrons. The van der Waals surface area contributed by atoms with Gasteiger partial charge in [0.2, 0.25) is 5.91 Å². The monoisotopic (exact) mass is 381 g/mol. The number of carbonyl (C=O) groups excluding carboxylic acids is 2. The highest BCUT2D eigenvalue weighted by molar-refractivity contribution is 7.80. The molecule has 0 unspecified atom stereocenters. The summed E-state index contributed by atoms with van der Waals surface area (Å²) in [5, 5.41) is 2.64. The maximum Gasteiger partial charge on any atom is 0.251 e. The van der Waals surface area contributed by atoms with Gasteiger partial charge in [0.25, 0.3) is 5.91 Å². The number of rotatable bonds is 5. The van der Waals surface area contributed by atoms with Crippen molar-refractivity contribution in [3.8, 4) is 5.75 Å². The number of benzene rings is 2. The van der Waals surface area contributed by atoms with Gasteiger partial charge in [0.1, 0.15) is 11.4 Å². The maximum absolute atomic E-state index is 12.9. The van der Waals surface area contributed by atoms with E-state index in [0.29, 0.717) is 17.1 Å². The van der Waals surface area contributed by atoms with E-state index in [-0.39, 0.29) is 5.11 Å². The number of aliphatic imine (C=N–C) groups is 1. The molecule has 0 aromatic heterocycles. The van der Waals surface area contributed by atoms with Crippen LogP contribution in [-0.4, -0.2) is 30.3 Å². The lowest BCUT2D eigenvalue weighted by Crippen LogP contribution is -2.58. The maximum atomic E-state index is 12.9. The van der Waals surface area contributed by atoms with Crippen molar-refractivity contribution in [1.29, 1.82) is 0 Å². The molecule has 2 aromatic carbocycles. The zero-order valence-corrected chi connectivity index (χ0v) is 15.8. The number of amides is 2. The van der Waals surface area contributed by atoms with Crippen LogP contribution in [0.5, 0.6) is 5.75 Å². The number of anilines is 1. The van der Waals surface area contributed by atoms with Gasteiger partial charge in [0.15, 0.2) is 11.0 Å². The molecule has 1 atom stereocenters. The topological polar surface area (TPSA) is 71.0 Å². The highest BCUT2D eigenvalue weighted by atomic mass is 32.1. The third kappa shape index (κ3) is 3.88. The fraction of sp³-hybridized carbons (Fsp3) is 0.200. The normalized spacial score (nSPS) is 17.3. The number of nitrogens with one attached hydrogen (secondary N) is 1. The molecule has 1 fully saturated rings. The zero-order chi connectivity index (χ0) is 19.4. The van der Waals surface area contributed by atoms with Crippen LogP contribution >= 0.6 is 12.2 Å². The van der Waals surface area contributed by atoms with Crippen molar-refractivity contribution in [3.63, 3.8) is 0 Å². The fourth-order valence-corrected chi connectivity index (χ4v) is 3.03. The first kappa shape index (κ1) is 18.7. The van der Waals surface area contributed by atoms with Gasteiger partial charge in [-0.05, 0) is 48.5 Å². The second-order valence-electron chi connectivity index (χ2n) is 5.92. The standard InChI is InChI=1S/C20H19N3O3S/c1-3-13-8-10-14(11-9-13)23-19(25)15(18(24)22-20(23)27)12-21-16-6-4-5-7-17(16)26-2/h4-12,15H,3H2,1-2H3,(H,22,24,27)/t15-/m0/s1. The number of methoxy groups -OCH3 is 1. The highest BCUT2D eigenvalue weighted by Gasteiger charge is 2.38. The summed E-state index contributed by atoms with van der Waals surface area (Å²) in [4.78, 5) is 30.8. The van der Waals surface area contributed by atoms with Gasteiger partial charge in [0, 0.05) is 6.21 Å². The van der Waals surface area contributed by atoms with E-state index >= 15 is 0 Å². The molecular weight excluding hydrogens is 362 g/mol. The zero-order valence-electron chi connectivity index (χ0n) is 15.0. The lowest BCUT2D eigenvalue weighted by Gasteiger charge is -2.31. The fourth-order valence-electron chi connectivity index (χ4n) is 2.74. The van der Waals surface area contributed by atoms with Gasteiger partial charge in [-0.25, -0.2) is 0 Å². The highest BCUT2D eigenvalue weighted by Crippen LogP contribution is 2.27. The first-order chi connectivity index (χ1) is 13.0. The van der Waals surface area contributed by atoms with Crippen molar-refractivity contribution in [2.75, 3.05) is 12.0 Å². The Labute approximate surface area is 162 Å². The lowest BCUT2D eigenvalue weighted by atomic mass is 10.1. The van der Waals surface area contributed by atoms with Crippen LogP contribution in [0.2, 0.25) is 0 Å². The van der Waals surface area contributed by atoms with Crippen LogP contribution in [-0.2, 0) is 16.0 Å². The molecule has 0 bridgehead atoms. The Morgan fingerprint density at radius 1 is 1.19 bits per heavy atom. The van der Waals surface area contributed by atoms with Crippen molar-refractivity contribution in [3.05, 3.63) is 54.1 Å². The molecule has 138 valence electrons. The van der Waals surface area contributed by atoms with Crippen LogP contribution in [0.3, 0.4) is 0 Å². The number of ether oxygens (including phenoxy) is 1. The van der Waals surface area contributed by atoms with E-state index in [1.807, 2.05) is 30.3 Å². The minimum atomic E-state index is -1.08. The second kappa shape index (κ2) is 8.09. The van der Waals surface area contributed by atoms with Crippen molar-refractivity contribution in [1.82, 2.24) is 5.32 Å². The first-order valence-corrected chi connectivity index (χ1v) is 8.91. The molecular formula is C20H19N3O3S. The summed E-state index contributed by atoms with van der Waals surface area (Å²) >= 11 is 5.20. The van der Waals surface area contributed by atoms with Crippen LogP contribution in [0.15, 0.2) is 53.5 Å². The van der Waals surface area contributed by atoms with E-state index in [0.717, 1.165) is 12.0 Å². The predicted molar refractivity (Wildman–Crippen MR) is 109 cm³/mol. The van der Waals surface area contributed by atoms with Gasteiger partial charge < -0.3 is 10.1 Å². The van der Waals surface area contributed by atoms with Crippen molar-refractivity contribution in [2.24, 2.45) is 10.9 Å². The van der Waals surface area contributed by atoms with Crippen LogP contribution in [0.4, 0.5) is 11.4 Å². The number of para-hydroxylation sites is 2. The van der Waals surface area contributed by atoms with Gasteiger partial charge in [-0.3, -0.25) is 19.5 Å². The molecule has 1 heterocycles. The third-order valence-corrected chi connectivity index (χ3v) is 4.54. The van der Waals surface area contributed by atoms with E-state index in [1.54, 1.807) is 18.2 Å². The van der Waals surface area contributed by atoms with Crippen molar-refractivity contribution >= 4 is 46.7 Å².